The molecule has 112 valence electrons. The molecule has 0 fully saturated rings. The number of nitrogens with one attached hydrogen (secondary N) is 1. The second-order valence-electron chi connectivity index (χ2n) is 4.15. The van der Waals surface area contributed by atoms with Crippen molar-refractivity contribution in [3.05, 3.63) is 42.0 Å². The molecule has 7 nitrogen and oxygen atoms in total. The maximum Gasteiger partial charge on any atom is 0.291 e. The number of nitrogens with zero attached hydrogens (tertiary/aromatic N) is 1. The zero-order chi connectivity index (χ0) is 15.1. The predicted octanol–water partition coefficient (Wildman–Crippen LogP) is 1.41. The first-order chi connectivity index (χ1) is 10.2. The fraction of sp³-hybridized carbons (Fsp3) is 0.286. The van der Waals surface area contributed by atoms with Crippen LogP contribution in [0.1, 0.15) is 16.3 Å². The highest BCUT2D eigenvalue weighted by molar-refractivity contribution is 6.02. The lowest BCUT2D eigenvalue weighted by atomic mass is 10.3. The van der Waals surface area contributed by atoms with E-state index in [1.54, 1.807) is 31.4 Å². The molecule has 7 heteroatoms. The molecule has 0 radical (unpaired) electrons. The van der Waals surface area contributed by atoms with Crippen molar-refractivity contribution >= 4 is 11.6 Å². The van der Waals surface area contributed by atoms with Gasteiger partial charge in [0.2, 0.25) is 5.88 Å². The normalized spacial score (nSPS) is 10.4. The maximum absolute atomic E-state index is 11.9. The van der Waals surface area contributed by atoms with Crippen molar-refractivity contribution in [1.82, 2.24) is 4.98 Å². The lowest BCUT2D eigenvalue weighted by Crippen LogP contribution is -2.11. The molecule has 2 rings (SSSR count). The van der Waals surface area contributed by atoms with E-state index in [0.717, 1.165) is 0 Å². The van der Waals surface area contributed by atoms with Crippen LogP contribution in [0, 0.1) is 0 Å². The number of anilines is 1. The van der Waals surface area contributed by atoms with E-state index in [2.05, 4.69) is 10.3 Å². The third kappa shape index (κ3) is 4.30. The summed E-state index contributed by atoms with van der Waals surface area (Å²) in [5, 5.41) is 2.67. The Morgan fingerprint density at radius 2 is 2.19 bits per heavy atom. The minimum Gasteiger partial charge on any atom is -0.475 e. The zero-order valence-corrected chi connectivity index (χ0v) is 11.7. The molecular formula is C14H17N3O4. The van der Waals surface area contributed by atoms with E-state index in [-0.39, 0.29) is 18.2 Å². The predicted molar refractivity (Wildman–Crippen MR) is 76.2 cm³/mol. The van der Waals surface area contributed by atoms with Crippen molar-refractivity contribution < 1.29 is 18.7 Å². The molecule has 2 aromatic heterocycles. The van der Waals surface area contributed by atoms with Gasteiger partial charge in [-0.25, -0.2) is 4.98 Å². The lowest BCUT2D eigenvalue weighted by molar-refractivity contribution is 0.0995. The van der Waals surface area contributed by atoms with Crippen molar-refractivity contribution in [3.63, 3.8) is 0 Å². The summed E-state index contributed by atoms with van der Waals surface area (Å²) >= 11 is 0. The van der Waals surface area contributed by atoms with Gasteiger partial charge in [-0.15, -0.1) is 0 Å². The summed E-state index contributed by atoms with van der Waals surface area (Å²) in [4.78, 5) is 16.0. The highest BCUT2D eigenvalue weighted by atomic mass is 16.5. The van der Waals surface area contributed by atoms with Crippen LogP contribution < -0.4 is 15.8 Å². The molecule has 0 unspecified atom stereocenters. The van der Waals surface area contributed by atoms with Crippen molar-refractivity contribution in [3.8, 4) is 5.88 Å². The number of pyridine rings is 1. The van der Waals surface area contributed by atoms with Crippen molar-refractivity contribution in [2.45, 2.75) is 6.54 Å². The summed E-state index contributed by atoms with van der Waals surface area (Å²) in [5.41, 5.74) is 5.97. The molecule has 21 heavy (non-hydrogen) atoms. The van der Waals surface area contributed by atoms with Crippen molar-refractivity contribution in [2.24, 2.45) is 5.73 Å². The Kier molecular flexibility index (Phi) is 5.30. The Morgan fingerprint density at radius 1 is 1.33 bits per heavy atom. The second kappa shape index (κ2) is 7.41. The molecule has 0 atom stereocenters. The number of methoxy groups -OCH3 is 1. The topological polar surface area (TPSA) is 99.6 Å². The number of hydrogen-bond acceptors (Lipinski definition) is 6. The molecule has 0 spiro atoms. The molecule has 0 saturated heterocycles. The first-order valence-corrected chi connectivity index (χ1v) is 6.41. The van der Waals surface area contributed by atoms with Gasteiger partial charge in [0.25, 0.3) is 5.91 Å². The van der Waals surface area contributed by atoms with Gasteiger partial charge >= 0.3 is 0 Å². The van der Waals surface area contributed by atoms with Gasteiger partial charge in [-0.05, 0) is 18.2 Å². The molecule has 3 N–H and O–H groups in total. The number of hydrogen-bond donors (Lipinski definition) is 2. The van der Waals surface area contributed by atoms with Crippen LogP contribution in [-0.2, 0) is 11.3 Å². The average Bonchev–Trinajstić information content (AvgIpc) is 2.98. The third-order valence-corrected chi connectivity index (χ3v) is 2.62. The molecule has 0 aliphatic carbocycles. The van der Waals surface area contributed by atoms with E-state index in [1.807, 2.05) is 0 Å². The van der Waals surface area contributed by atoms with Gasteiger partial charge < -0.3 is 24.9 Å². The Hall–Kier alpha value is -2.38. The fourth-order valence-electron chi connectivity index (χ4n) is 1.57. The van der Waals surface area contributed by atoms with Crippen LogP contribution in [0.15, 0.2) is 34.9 Å². The minimum absolute atomic E-state index is 0.205. The number of carbonyl (C=O) groups is 1. The second-order valence-corrected chi connectivity index (χ2v) is 4.15. The quantitative estimate of drug-likeness (QED) is 0.748. The van der Waals surface area contributed by atoms with Crippen LogP contribution in [0.5, 0.6) is 5.88 Å². The SMILES string of the molecule is COCCOc1ccc(NC(=O)c2ccc(CN)o2)cn1. The number of ether oxygens (including phenoxy) is 2. The summed E-state index contributed by atoms with van der Waals surface area (Å²) < 4.78 is 15.5. The Balaban J connectivity index is 1.91. The van der Waals surface area contributed by atoms with Crippen LogP contribution >= 0.6 is 0 Å². The summed E-state index contributed by atoms with van der Waals surface area (Å²) in [6.07, 6.45) is 1.51. The highest BCUT2D eigenvalue weighted by Gasteiger charge is 2.11. The summed E-state index contributed by atoms with van der Waals surface area (Å²) in [6, 6.07) is 6.60. The van der Waals surface area contributed by atoms with E-state index in [4.69, 9.17) is 19.6 Å². The Morgan fingerprint density at radius 3 is 2.81 bits per heavy atom. The molecule has 1 amide bonds. The molecule has 2 aromatic rings. The largest absolute Gasteiger partial charge is 0.475 e. The lowest BCUT2D eigenvalue weighted by Gasteiger charge is -2.06. The fourth-order valence-corrected chi connectivity index (χ4v) is 1.57. The number of rotatable bonds is 7. The number of nitrogens with two attached hydrogens (primary N) is 1. The standard InChI is InChI=1S/C14H17N3O4/c1-19-6-7-20-13-5-2-10(9-16-13)17-14(18)12-4-3-11(8-15)21-12/h2-5,9H,6-8,15H2,1H3,(H,17,18). The minimum atomic E-state index is -0.357. The first kappa shape index (κ1) is 15.0. The van der Waals surface area contributed by atoms with Crippen LogP contribution in [0.25, 0.3) is 0 Å². The highest BCUT2D eigenvalue weighted by Crippen LogP contribution is 2.14. The van der Waals surface area contributed by atoms with Crippen molar-refractivity contribution in [2.75, 3.05) is 25.6 Å². The zero-order valence-electron chi connectivity index (χ0n) is 11.7. The van der Waals surface area contributed by atoms with Gasteiger partial charge in [-0.3, -0.25) is 4.79 Å². The van der Waals surface area contributed by atoms with E-state index >= 15 is 0 Å². The third-order valence-electron chi connectivity index (χ3n) is 2.62. The van der Waals surface area contributed by atoms with E-state index in [9.17, 15) is 4.79 Å². The number of aromatic nitrogens is 1. The molecule has 0 bridgehead atoms. The van der Waals surface area contributed by atoms with Gasteiger partial charge in [0, 0.05) is 13.2 Å². The molecule has 0 saturated carbocycles. The van der Waals surface area contributed by atoms with Gasteiger partial charge in [0.05, 0.1) is 25.0 Å². The Labute approximate surface area is 122 Å². The molecule has 0 aromatic carbocycles. The van der Waals surface area contributed by atoms with Crippen LogP contribution in [0.2, 0.25) is 0 Å². The van der Waals surface area contributed by atoms with Gasteiger partial charge in [0.1, 0.15) is 12.4 Å². The van der Waals surface area contributed by atoms with Gasteiger partial charge in [0.15, 0.2) is 5.76 Å². The van der Waals surface area contributed by atoms with Gasteiger partial charge in [-0.2, -0.15) is 0 Å². The summed E-state index contributed by atoms with van der Waals surface area (Å²) in [6.45, 7) is 1.16. The van der Waals surface area contributed by atoms with E-state index in [0.29, 0.717) is 30.5 Å². The molecule has 0 aliphatic rings. The molecule has 0 aliphatic heterocycles. The van der Waals surface area contributed by atoms with E-state index in [1.165, 1.54) is 6.20 Å². The monoisotopic (exact) mass is 291 g/mol. The summed E-state index contributed by atoms with van der Waals surface area (Å²) in [7, 11) is 1.60. The van der Waals surface area contributed by atoms with Crippen LogP contribution in [-0.4, -0.2) is 31.2 Å². The average molecular weight is 291 g/mol. The van der Waals surface area contributed by atoms with Gasteiger partial charge in [-0.1, -0.05) is 0 Å². The first-order valence-electron chi connectivity index (χ1n) is 6.41. The number of amides is 1. The van der Waals surface area contributed by atoms with E-state index < -0.39 is 0 Å². The maximum atomic E-state index is 11.9. The number of carbonyl (C=O) groups excluding carboxylic acids is 1. The van der Waals surface area contributed by atoms with Crippen LogP contribution in [0.4, 0.5) is 5.69 Å². The number of furan rings is 1. The van der Waals surface area contributed by atoms with Crippen molar-refractivity contribution in [1.29, 1.82) is 0 Å². The molecular weight excluding hydrogens is 274 g/mol. The summed E-state index contributed by atoms with van der Waals surface area (Å²) in [5.74, 6) is 0.869. The smallest absolute Gasteiger partial charge is 0.291 e. The molecule has 2 heterocycles. The van der Waals surface area contributed by atoms with Crippen LogP contribution in [0.3, 0.4) is 0 Å². The Bertz CT molecular complexity index is 580.